The molecule has 3 N–H and O–H groups in total. The van der Waals surface area contributed by atoms with Crippen LogP contribution in [-0.4, -0.2) is 72.4 Å². The van der Waals surface area contributed by atoms with E-state index >= 15 is 0 Å². The Morgan fingerprint density at radius 2 is 2.12 bits per heavy atom. The highest BCUT2D eigenvalue weighted by atomic mass is 16.5. The zero-order chi connectivity index (χ0) is 23.7. The van der Waals surface area contributed by atoms with Crippen LogP contribution in [0.2, 0.25) is 0 Å². The van der Waals surface area contributed by atoms with E-state index in [9.17, 15) is 9.90 Å². The van der Waals surface area contributed by atoms with E-state index in [1.807, 2.05) is 55.5 Å². The molecular weight excluding hydrogens is 432 g/mol. The molecule has 1 aromatic heterocycles. The first-order chi connectivity index (χ1) is 16.5. The molecule has 0 fully saturated rings. The van der Waals surface area contributed by atoms with Gasteiger partial charge in [-0.05, 0) is 62.0 Å². The van der Waals surface area contributed by atoms with Crippen LogP contribution in [0.25, 0.3) is 10.9 Å². The monoisotopic (exact) mass is 460 g/mol. The number of ether oxygens (including phenoxy) is 1. The third-order valence-electron chi connectivity index (χ3n) is 6.24. The van der Waals surface area contributed by atoms with Gasteiger partial charge in [0.05, 0.1) is 23.4 Å². The molecule has 1 amide bonds. The van der Waals surface area contributed by atoms with Gasteiger partial charge in [-0.15, -0.1) is 0 Å². The smallest absolute Gasteiger partial charge is 0.251 e. The molecule has 2 atom stereocenters. The van der Waals surface area contributed by atoms with Crippen molar-refractivity contribution in [3.05, 3.63) is 58.9 Å². The van der Waals surface area contributed by atoms with Crippen LogP contribution < -0.4 is 15.5 Å². The van der Waals surface area contributed by atoms with Gasteiger partial charge in [-0.2, -0.15) is 10.1 Å². The summed E-state index contributed by atoms with van der Waals surface area (Å²) in [6.07, 6.45) is 2.49. The molecule has 176 valence electrons. The molecule has 2 aromatic carbocycles. The Morgan fingerprint density at radius 1 is 1.24 bits per heavy atom. The fraction of sp³-hybridized carbons (Fsp3) is 0.360. The second kappa shape index (κ2) is 9.26. The molecule has 0 aliphatic carbocycles. The van der Waals surface area contributed by atoms with Crippen LogP contribution in [0.15, 0.2) is 41.5 Å². The first-order valence-corrected chi connectivity index (χ1v) is 11.4. The van der Waals surface area contributed by atoms with Gasteiger partial charge in [0.1, 0.15) is 11.6 Å². The van der Waals surface area contributed by atoms with Crippen molar-refractivity contribution in [2.45, 2.75) is 18.3 Å². The minimum atomic E-state index is -0.124. The van der Waals surface area contributed by atoms with E-state index in [0.29, 0.717) is 41.9 Å². The van der Waals surface area contributed by atoms with Crippen molar-refractivity contribution in [2.24, 2.45) is 5.10 Å². The van der Waals surface area contributed by atoms with Gasteiger partial charge >= 0.3 is 0 Å². The first kappa shape index (κ1) is 22.1. The van der Waals surface area contributed by atoms with E-state index in [1.165, 1.54) is 0 Å². The Balaban J connectivity index is 1.35. The van der Waals surface area contributed by atoms with Crippen LogP contribution >= 0.6 is 0 Å². The molecule has 0 saturated heterocycles. The summed E-state index contributed by atoms with van der Waals surface area (Å²) in [4.78, 5) is 23.7. The Kier molecular flexibility index (Phi) is 6.02. The van der Waals surface area contributed by atoms with Crippen molar-refractivity contribution in [3.8, 4) is 11.6 Å². The van der Waals surface area contributed by atoms with Crippen LogP contribution in [0.1, 0.15) is 39.1 Å². The summed E-state index contributed by atoms with van der Waals surface area (Å²) >= 11 is 0. The van der Waals surface area contributed by atoms with Gasteiger partial charge in [-0.3, -0.25) is 4.79 Å². The second-order valence-corrected chi connectivity index (χ2v) is 9.02. The molecule has 2 aliphatic heterocycles. The Morgan fingerprint density at radius 3 is 2.91 bits per heavy atom. The maximum Gasteiger partial charge on any atom is 0.251 e. The van der Waals surface area contributed by atoms with Crippen LogP contribution in [-0.2, 0) is 6.42 Å². The fourth-order valence-corrected chi connectivity index (χ4v) is 4.31. The van der Waals surface area contributed by atoms with E-state index in [2.05, 4.69) is 20.8 Å². The highest BCUT2D eigenvalue weighted by molar-refractivity contribution is 5.94. The highest BCUT2D eigenvalue weighted by Gasteiger charge is 2.26. The average Bonchev–Trinajstić information content (AvgIpc) is 3.38. The van der Waals surface area contributed by atoms with Crippen LogP contribution in [0.4, 0.5) is 0 Å². The lowest BCUT2D eigenvalue weighted by Gasteiger charge is -2.25. The molecule has 0 bridgehead atoms. The van der Waals surface area contributed by atoms with Crippen molar-refractivity contribution in [1.29, 1.82) is 0 Å². The Bertz CT molecular complexity index is 1260. The molecule has 3 heterocycles. The second-order valence-electron chi connectivity index (χ2n) is 9.02. The number of nitrogens with zero attached hydrogens (tertiary/aromatic N) is 4. The van der Waals surface area contributed by atoms with Gasteiger partial charge in [-0.1, -0.05) is 6.07 Å². The summed E-state index contributed by atoms with van der Waals surface area (Å²) in [6.45, 7) is 2.50. The number of hydrogen-bond donors (Lipinski definition) is 3. The van der Waals surface area contributed by atoms with E-state index in [4.69, 9.17) is 9.72 Å². The zero-order valence-electron chi connectivity index (χ0n) is 19.3. The normalized spacial score (nSPS) is 19.0. The number of aromatic nitrogens is 2. The van der Waals surface area contributed by atoms with Crippen molar-refractivity contribution in [3.63, 3.8) is 0 Å². The average molecular weight is 461 g/mol. The number of aromatic hydroxyl groups is 1. The first-order valence-electron chi connectivity index (χ1n) is 11.4. The Hall–Kier alpha value is -3.72. The molecule has 34 heavy (non-hydrogen) atoms. The van der Waals surface area contributed by atoms with Crippen LogP contribution in [0.3, 0.4) is 0 Å². The predicted molar refractivity (Wildman–Crippen MR) is 130 cm³/mol. The van der Waals surface area contributed by atoms with E-state index in [0.717, 1.165) is 30.0 Å². The number of carbonyl (C=O) groups is 1. The number of benzene rings is 2. The van der Waals surface area contributed by atoms with E-state index in [-0.39, 0.29) is 23.6 Å². The van der Waals surface area contributed by atoms with Crippen molar-refractivity contribution in [1.82, 2.24) is 25.6 Å². The molecule has 2 unspecified atom stereocenters. The summed E-state index contributed by atoms with van der Waals surface area (Å²) in [6, 6.07) is 11.3. The number of likely N-dealkylation sites (N-methyl/N-ethyl adjacent to an activating group) is 1. The van der Waals surface area contributed by atoms with Gasteiger partial charge in [-0.25, -0.2) is 4.98 Å². The van der Waals surface area contributed by atoms with Gasteiger partial charge in [0.25, 0.3) is 5.91 Å². The number of amides is 1. The molecule has 3 aromatic rings. The molecule has 2 aliphatic rings. The van der Waals surface area contributed by atoms with E-state index in [1.54, 1.807) is 6.07 Å². The lowest BCUT2D eigenvalue weighted by Crippen LogP contribution is -2.31. The molecule has 9 nitrogen and oxygen atoms in total. The predicted octanol–water partition coefficient (Wildman–Crippen LogP) is 2.02. The number of nitrogens with one attached hydrogen (secondary N) is 2. The number of carbonyl (C=O) groups excluding carboxylic acids is 1. The highest BCUT2D eigenvalue weighted by Crippen LogP contribution is 2.34. The standard InChI is InChI=1S/C25H28N6O3/c1-31(2)8-7-26-24(32)16-4-6-22-17(9-16)10-18(14-34-22)23-29-21-5-3-15(19-12-27-28-13-19)11-20(21)25(33)30-23/h3-6,9,11-12,18-19,28H,7-8,10,13-14H2,1-2H3,(H,26,32)(H,29,30,33). The lowest BCUT2D eigenvalue weighted by molar-refractivity contribution is 0.0950. The third-order valence-corrected chi connectivity index (χ3v) is 6.24. The minimum Gasteiger partial charge on any atom is -0.493 e. The van der Waals surface area contributed by atoms with E-state index < -0.39 is 0 Å². The largest absolute Gasteiger partial charge is 0.493 e. The van der Waals surface area contributed by atoms with Crippen molar-refractivity contribution < 1.29 is 14.6 Å². The molecule has 0 spiro atoms. The summed E-state index contributed by atoms with van der Waals surface area (Å²) in [7, 11) is 3.94. The van der Waals surface area contributed by atoms with Crippen LogP contribution in [0.5, 0.6) is 11.6 Å². The Labute approximate surface area is 197 Å². The van der Waals surface area contributed by atoms with Gasteiger partial charge in [0.2, 0.25) is 5.88 Å². The molecule has 0 saturated carbocycles. The number of hydrogen-bond acceptors (Lipinski definition) is 8. The summed E-state index contributed by atoms with van der Waals surface area (Å²) < 4.78 is 5.95. The number of rotatable bonds is 6. The fourth-order valence-electron chi connectivity index (χ4n) is 4.31. The molecule has 5 rings (SSSR count). The van der Waals surface area contributed by atoms with Crippen molar-refractivity contribution in [2.75, 3.05) is 40.3 Å². The maximum absolute atomic E-state index is 12.5. The van der Waals surface area contributed by atoms with Gasteiger partial charge in [0, 0.05) is 37.3 Å². The van der Waals surface area contributed by atoms with Crippen molar-refractivity contribution >= 4 is 23.0 Å². The maximum atomic E-state index is 12.5. The summed E-state index contributed by atoms with van der Waals surface area (Å²) in [5.74, 6) is 1.20. The number of fused-ring (bicyclic) bond motifs is 2. The van der Waals surface area contributed by atoms with Gasteiger partial charge in [0.15, 0.2) is 0 Å². The quantitative estimate of drug-likeness (QED) is 0.516. The molecule has 9 heteroatoms. The lowest BCUT2D eigenvalue weighted by atomic mass is 9.94. The summed E-state index contributed by atoms with van der Waals surface area (Å²) in [5.41, 5.74) is 6.23. The zero-order valence-corrected chi connectivity index (χ0v) is 19.3. The molecule has 0 radical (unpaired) electrons. The SMILES string of the molecule is CN(C)CCNC(=O)c1ccc2c(c1)CC(c1nc(O)c3cc(C4C=NNC4)ccc3n1)CO2. The summed E-state index contributed by atoms with van der Waals surface area (Å²) in [5, 5.41) is 18.3. The molecular formula is C25H28N6O3. The third kappa shape index (κ3) is 4.51. The topological polar surface area (TPSA) is 112 Å². The van der Waals surface area contributed by atoms with Gasteiger partial charge < -0.3 is 25.5 Å². The minimum absolute atomic E-state index is 0.0374. The van der Waals surface area contributed by atoms with Crippen LogP contribution in [0, 0.1) is 0 Å². The number of hydrazone groups is 1.